The van der Waals surface area contributed by atoms with Crippen LogP contribution < -0.4 is 10.9 Å². The highest BCUT2D eigenvalue weighted by molar-refractivity contribution is 7.99. The Kier molecular flexibility index (Phi) is 7.23. The summed E-state index contributed by atoms with van der Waals surface area (Å²) in [5.74, 6) is 0.508. The van der Waals surface area contributed by atoms with Gasteiger partial charge in [0.2, 0.25) is 5.91 Å². The fraction of sp³-hybridized carbons (Fsp3) is 0.526. The second-order valence-corrected chi connectivity index (χ2v) is 7.72. The van der Waals surface area contributed by atoms with E-state index in [-0.39, 0.29) is 29.3 Å². The van der Waals surface area contributed by atoms with Crippen molar-refractivity contribution in [2.24, 2.45) is 5.92 Å². The van der Waals surface area contributed by atoms with Crippen LogP contribution in [-0.2, 0) is 9.53 Å². The molecule has 1 heterocycles. The molecule has 0 unspecified atom stereocenters. The summed E-state index contributed by atoms with van der Waals surface area (Å²) in [7, 11) is 1.60. The zero-order chi connectivity index (χ0) is 19.3. The third-order valence-corrected chi connectivity index (χ3v) is 5.30. The summed E-state index contributed by atoms with van der Waals surface area (Å²) in [6.07, 6.45) is 0. The predicted molar refractivity (Wildman–Crippen MR) is 106 cm³/mol. The van der Waals surface area contributed by atoms with Crippen LogP contribution in [0.25, 0.3) is 10.9 Å². The first-order valence-electron chi connectivity index (χ1n) is 8.77. The van der Waals surface area contributed by atoms with E-state index in [0.29, 0.717) is 28.6 Å². The molecular formula is C19H27N3O3S. The number of ether oxygens (including phenoxy) is 1. The summed E-state index contributed by atoms with van der Waals surface area (Å²) in [5, 5.41) is 4.08. The van der Waals surface area contributed by atoms with Gasteiger partial charge >= 0.3 is 0 Å². The largest absolute Gasteiger partial charge is 0.383 e. The van der Waals surface area contributed by atoms with Crippen LogP contribution in [0.1, 0.15) is 33.7 Å². The second-order valence-electron chi connectivity index (χ2n) is 6.78. The van der Waals surface area contributed by atoms with Crippen LogP contribution in [-0.4, -0.2) is 41.0 Å². The molecule has 1 N–H and O–H groups in total. The van der Waals surface area contributed by atoms with Gasteiger partial charge < -0.3 is 10.1 Å². The Balaban J connectivity index is 2.31. The number of amides is 1. The predicted octanol–water partition coefficient (Wildman–Crippen LogP) is 2.86. The lowest BCUT2D eigenvalue weighted by atomic mass is 10.1. The lowest BCUT2D eigenvalue weighted by Gasteiger charge is -2.20. The van der Waals surface area contributed by atoms with E-state index in [4.69, 9.17) is 4.74 Å². The first kappa shape index (κ1) is 20.5. The first-order chi connectivity index (χ1) is 12.3. The number of nitrogens with one attached hydrogen (secondary N) is 1. The Morgan fingerprint density at radius 1 is 1.27 bits per heavy atom. The monoisotopic (exact) mass is 377 g/mol. The minimum atomic E-state index is -0.176. The number of aromatic nitrogens is 2. The van der Waals surface area contributed by atoms with Gasteiger partial charge in [-0.25, -0.2) is 4.98 Å². The maximum atomic E-state index is 12.9. The van der Waals surface area contributed by atoms with Gasteiger partial charge in [-0.2, -0.15) is 0 Å². The van der Waals surface area contributed by atoms with E-state index in [1.807, 2.05) is 32.0 Å². The van der Waals surface area contributed by atoms with E-state index in [1.54, 1.807) is 17.7 Å². The molecule has 0 aliphatic heterocycles. The Bertz CT molecular complexity index is 819. The quantitative estimate of drug-likeness (QED) is 0.566. The van der Waals surface area contributed by atoms with E-state index in [0.717, 1.165) is 0 Å². The van der Waals surface area contributed by atoms with E-state index >= 15 is 0 Å². The Hall–Kier alpha value is -1.86. The molecule has 1 amide bonds. The molecule has 0 saturated carbocycles. The molecule has 0 spiro atoms. The molecule has 0 aliphatic rings. The molecule has 1 aromatic heterocycles. The minimum Gasteiger partial charge on any atom is -0.383 e. The SMILES string of the molecule is COC[C@H](C)n1c(SCC(=O)N[C@@H](C)C(C)C)nc2ccccc2c1=O. The summed E-state index contributed by atoms with van der Waals surface area (Å²) in [6, 6.07) is 7.18. The standard InChI is InChI=1S/C19H27N3O3S/c1-12(2)14(4)20-17(23)11-26-19-21-16-9-7-6-8-15(16)18(24)22(19)13(3)10-25-5/h6-9,12-14H,10-11H2,1-5H3,(H,20,23)/t13-,14-/m0/s1. The smallest absolute Gasteiger partial charge is 0.262 e. The van der Waals surface area contributed by atoms with Crippen molar-refractivity contribution in [1.82, 2.24) is 14.9 Å². The molecule has 2 rings (SSSR count). The van der Waals surface area contributed by atoms with Gasteiger partial charge in [0, 0.05) is 13.2 Å². The number of thioether (sulfide) groups is 1. The molecule has 26 heavy (non-hydrogen) atoms. The molecule has 142 valence electrons. The van der Waals surface area contributed by atoms with Gasteiger partial charge in [0.05, 0.1) is 29.3 Å². The number of methoxy groups -OCH3 is 1. The van der Waals surface area contributed by atoms with E-state index in [2.05, 4.69) is 24.1 Å². The molecule has 0 bridgehead atoms. The van der Waals surface area contributed by atoms with E-state index in [1.165, 1.54) is 11.8 Å². The maximum absolute atomic E-state index is 12.9. The number of benzene rings is 1. The Morgan fingerprint density at radius 2 is 1.96 bits per heavy atom. The third kappa shape index (κ3) is 4.86. The number of carbonyl (C=O) groups excluding carboxylic acids is 1. The van der Waals surface area contributed by atoms with Crippen LogP contribution in [0.5, 0.6) is 0 Å². The number of fused-ring (bicyclic) bond motifs is 1. The zero-order valence-corrected chi connectivity index (χ0v) is 16.8. The van der Waals surface area contributed by atoms with Gasteiger partial charge in [0.15, 0.2) is 5.16 Å². The van der Waals surface area contributed by atoms with E-state index < -0.39 is 0 Å². The second kappa shape index (κ2) is 9.19. The molecule has 2 atom stereocenters. The van der Waals surface area contributed by atoms with Gasteiger partial charge in [0.25, 0.3) is 5.56 Å². The number of hydrogen-bond donors (Lipinski definition) is 1. The number of hydrogen-bond acceptors (Lipinski definition) is 5. The number of carbonyl (C=O) groups is 1. The average Bonchev–Trinajstić information content (AvgIpc) is 2.60. The first-order valence-corrected chi connectivity index (χ1v) is 9.76. The van der Waals surface area contributed by atoms with Crippen LogP contribution in [0.4, 0.5) is 0 Å². The van der Waals surface area contributed by atoms with Crippen molar-refractivity contribution in [3.8, 4) is 0 Å². The molecule has 0 fully saturated rings. The number of para-hydroxylation sites is 1. The molecular weight excluding hydrogens is 350 g/mol. The lowest BCUT2D eigenvalue weighted by Crippen LogP contribution is -2.37. The van der Waals surface area contributed by atoms with Crippen molar-refractivity contribution < 1.29 is 9.53 Å². The van der Waals surface area contributed by atoms with E-state index in [9.17, 15) is 9.59 Å². The van der Waals surface area contributed by atoms with Crippen molar-refractivity contribution in [3.05, 3.63) is 34.6 Å². The van der Waals surface area contributed by atoms with Gasteiger partial charge in [-0.1, -0.05) is 37.7 Å². The van der Waals surface area contributed by atoms with Crippen molar-refractivity contribution >= 4 is 28.6 Å². The van der Waals surface area contributed by atoms with Crippen molar-refractivity contribution in [3.63, 3.8) is 0 Å². The zero-order valence-electron chi connectivity index (χ0n) is 16.0. The van der Waals surface area contributed by atoms with Crippen LogP contribution in [0.2, 0.25) is 0 Å². The molecule has 0 radical (unpaired) electrons. The summed E-state index contributed by atoms with van der Waals surface area (Å²) in [6.45, 7) is 8.41. The van der Waals surface area contributed by atoms with Crippen molar-refractivity contribution in [1.29, 1.82) is 0 Å². The molecule has 6 nitrogen and oxygen atoms in total. The minimum absolute atomic E-state index is 0.0652. The fourth-order valence-corrected chi connectivity index (χ4v) is 3.43. The summed E-state index contributed by atoms with van der Waals surface area (Å²) < 4.78 is 6.83. The van der Waals surface area contributed by atoms with Crippen molar-refractivity contribution in [2.45, 2.75) is 44.9 Å². The fourth-order valence-electron chi connectivity index (χ4n) is 2.52. The molecule has 0 saturated heterocycles. The maximum Gasteiger partial charge on any atom is 0.262 e. The van der Waals surface area contributed by atoms with Crippen LogP contribution in [0.15, 0.2) is 34.2 Å². The lowest BCUT2D eigenvalue weighted by molar-refractivity contribution is -0.119. The number of nitrogens with zero attached hydrogens (tertiary/aromatic N) is 2. The molecule has 7 heteroatoms. The highest BCUT2D eigenvalue weighted by atomic mass is 32.2. The molecule has 2 aromatic rings. The Morgan fingerprint density at radius 3 is 2.62 bits per heavy atom. The highest BCUT2D eigenvalue weighted by Crippen LogP contribution is 2.21. The molecule has 0 aliphatic carbocycles. The van der Waals surface area contributed by atoms with Crippen LogP contribution in [0, 0.1) is 5.92 Å². The van der Waals surface area contributed by atoms with Crippen LogP contribution in [0.3, 0.4) is 0 Å². The number of rotatable bonds is 8. The van der Waals surface area contributed by atoms with Gasteiger partial charge in [-0.3, -0.25) is 14.2 Å². The topological polar surface area (TPSA) is 73.2 Å². The summed E-state index contributed by atoms with van der Waals surface area (Å²) in [5.41, 5.74) is 0.524. The van der Waals surface area contributed by atoms with Gasteiger partial charge in [-0.05, 0) is 31.9 Å². The Labute approximate surface area is 158 Å². The third-order valence-electron chi connectivity index (χ3n) is 4.35. The highest BCUT2D eigenvalue weighted by Gasteiger charge is 2.18. The molecule has 1 aromatic carbocycles. The normalized spacial score (nSPS) is 13.8. The summed E-state index contributed by atoms with van der Waals surface area (Å²) >= 11 is 1.28. The van der Waals surface area contributed by atoms with Crippen LogP contribution >= 0.6 is 11.8 Å². The average molecular weight is 378 g/mol. The van der Waals surface area contributed by atoms with Gasteiger partial charge in [0.1, 0.15) is 0 Å². The van der Waals surface area contributed by atoms with Crippen molar-refractivity contribution in [2.75, 3.05) is 19.5 Å². The van der Waals surface area contributed by atoms with Gasteiger partial charge in [-0.15, -0.1) is 0 Å². The summed E-state index contributed by atoms with van der Waals surface area (Å²) in [4.78, 5) is 29.8.